The smallest absolute Gasteiger partial charge is 0.251 e. The molecule has 1 aromatic carbocycles. The molecule has 0 aliphatic rings. The fraction of sp³-hybridized carbons (Fsp3) is 0.294. The van der Waals surface area contributed by atoms with E-state index in [1.54, 1.807) is 24.3 Å². The number of anilines is 1. The number of Topliss-reactive ketones (excluding diaryl/α,β-unsaturated/α-hetero) is 1. The normalized spacial score (nSPS) is 10.7. The highest BCUT2D eigenvalue weighted by atomic mass is 32.2. The Morgan fingerprint density at radius 3 is 2.50 bits per heavy atom. The largest absolute Gasteiger partial charge is 0.325 e. The third-order valence-electron chi connectivity index (χ3n) is 3.25. The van der Waals surface area contributed by atoms with Crippen LogP contribution in [0.5, 0.6) is 0 Å². The van der Waals surface area contributed by atoms with Crippen molar-refractivity contribution in [3.8, 4) is 0 Å². The third kappa shape index (κ3) is 5.06. The number of aromatic amines is 1. The molecule has 0 saturated heterocycles. The SMILES string of the molecule is CC(=O)c1ccc(NC(=O)CSc2nc(C(C)C)cc(=O)[nH]2)cc1. The molecule has 0 aliphatic carbocycles. The highest BCUT2D eigenvalue weighted by Crippen LogP contribution is 2.16. The number of nitrogens with one attached hydrogen (secondary N) is 2. The van der Waals surface area contributed by atoms with Crippen LogP contribution in [0.3, 0.4) is 0 Å². The molecule has 0 fully saturated rings. The Labute approximate surface area is 144 Å². The van der Waals surface area contributed by atoms with Crippen LogP contribution in [0.25, 0.3) is 0 Å². The van der Waals surface area contributed by atoms with E-state index in [9.17, 15) is 14.4 Å². The fourth-order valence-electron chi connectivity index (χ4n) is 1.94. The van der Waals surface area contributed by atoms with E-state index >= 15 is 0 Å². The minimum Gasteiger partial charge on any atom is -0.325 e. The van der Waals surface area contributed by atoms with Gasteiger partial charge < -0.3 is 10.3 Å². The van der Waals surface area contributed by atoms with Crippen molar-refractivity contribution in [1.82, 2.24) is 9.97 Å². The lowest BCUT2D eigenvalue weighted by Gasteiger charge is -2.07. The predicted molar refractivity (Wildman–Crippen MR) is 94.7 cm³/mol. The first kappa shape index (κ1) is 17.9. The van der Waals surface area contributed by atoms with Gasteiger partial charge in [-0.25, -0.2) is 4.98 Å². The molecule has 1 amide bonds. The quantitative estimate of drug-likeness (QED) is 0.477. The predicted octanol–water partition coefficient (Wildman–Crippen LogP) is 2.83. The van der Waals surface area contributed by atoms with Gasteiger partial charge in [-0.3, -0.25) is 14.4 Å². The number of hydrogen-bond donors (Lipinski definition) is 2. The second-order valence-corrected chi connectivity index (χ2v) is 6.56. The minimum absolute atomic E-state index is 0.0245. The minimum atomic E-state index is -0.226. The number of hydrogen-bond acceptors (Lipinski definition) is 5. The summed E-state index contributed by atoms with van der Waals surface area (Å²) in [5.74, 6) is 0.0239. The van der Waals surface area contributed by atoms with Crippen molar-refractivity contribution >= 4 is 29.1 Å². The number of H-pyrrole nitrogens is 1. The lowest BCUT2D eigenvalue weighted by molar-refractivity contribution is -0.113. The number of amides is 1. The van der Waals surface area contributed by atoms with Gasteiger partial charge in [-0.15, -0.1) is 0 Å². The molecule has 7 heteroatoms. The molecule has 0 bridgehead atoms. The number of aromatic nitrogens is 2. The monoisotopic (exact) mass is 345 g/mol. The van der Waals surface area contributed by atoms with Gasteiger partial charge in [-0.1, -0.05) is 25.6 Å². The molecule has 2 rings (SSSR count). The summed E-state index contributed by atoms with van der Waals surface area (Å²) in [5.41, 5.74) is 1.68. The topological polar surface area (TPSA) is 91.9 Å². The molecule has 6 nitrogen and oxygen atoms in total. The van der Waals surface area contributed by atoms with Crippen LogP contribution in [0.1, 0.15) is 42.7 Å². The summed E-state index contributed by atoms with van der Waals surface area (Å²) >= 11 is 1.17. The van der Waals surface area contributed by atoms with Gasteiger partial charge in [0, 0.05) is 17.3 Å². The van der Waals surface area contributed by atoms with Crippen molar-refractivity contribution in [2.45, 2.75) is 31.8 Å². The van der Waals surface area contributed by atoms with Crippen LogP contribution in [0, 0.1) is 0 Å². The van der Waals surface area contributed by atoms with E-state index in [1.165, 1.54) is 24.8 Å². The Bertz CT molecular complexity index is 797. The molecule has 0 saturated carbocycles. The van der Waals surface area contributed by atoms with Gasteiger partial charge in [0.05, 0.1) is 11.4 Å². The van der Waals surface area contributed by atoms with Crippen molar-refractivity contribution in [3.05, 3.63) is 51.9 Å². The molecule has 0 atom stereocenters. The van der Waals surface area contributed by atoms with E-state index in [2.05, 4.69) is 15.3 Å². The molecule has 0 aliphatic heterocycles. The second kappa shape index (κ2) is 7.92. The van der Waals surface area contributed by atoms with Crippen LogP contribution in [-0.2, 0) is 4.79 Å². The molecule has 0 unspecified atom stereocenters. The molecule has 1 heterocycles. The third-order valence-corrected chi connectivity index (χ3v) is 4.12. The summed E-state index contributed by atoms with van der Waals surface area (Å²) in [6.07, 6.45) is 0. The maximum absolute atomic E-state index is 12.0. The van der Waals surface area contributed by atoms with Crippen LogP contribution in [0.15, 0.2) is 40.3 Å². The van der Waals surface area contributed by atoms with Gasteiger partial charge in [0.1, 0.15) is 0 Å². The summed E-state index contributed by atoms with van der Waals surface area (Å²) in [6.45, 7) is 5.39. The summed E-state index contributed by atoms with van der Waals surface area (Å²) in [6, 6.07) is 8.15. The molecule has 0 spiro atoms. The Hall–Kier alpha value is -2.41. The number of carbonyl (C=O) groups excluding carboxylic acids is 2. The van der Waals surface area contributed by atoms with Crippen molar-refractivity contribution < 1.29 is 9.59 Å². The zero-order chi connectivity index (χ0) is 17.7. The Balaban J connectivity index is 1.96. The van der Waals surface area contributed by atoms with Crippen LogP contribution < -0.4 is 10.9 Å². The van der Waals surface area contributed by atoms with Crippen LogP contribution in [0.2, 0.25) is 0 Å². The first-order valence-corrected chi connectivity index (χ1v) is 8.48. The lowest BCUT2D eigenvalue weighted by atomic mass is 10.1. The first-order chi connectivity index (χ1) is 11.3. The molecule has 2 N–H and O–H groups in total. The molecule has 2 aromatic rings. The summed E-state index contributed by atoms with van der Waals surface area (Å²) in [5, 5.41) is 3.16. The maximum Gasteiger partial charge on any atom is 0.251 e. The van der Waals surface area contributed by atoms with Gasteiger partial charge >= 0.3 is 0 Å². The van der Waals surface area contributed by atoms with Crippen molar-refractivity contribution in [2.75, 3.05) is 11.1 Å². The molecule has 24 heavy (non-hydrogen) atoms. The van der Waals surface area contributed by atoms with E-state index in [0.717, 1.165) is 0 Å². The van der Waals surface area contributed by atoms with Gasteiger partial charge in [0.15, 0.2) is 10.9 Å². The van der Waals surface area contributed by atoms with E-state index in [1.807, 2.05) is 13.8 Å². The van der Waals surface area contributed by atoms with E-state index < -0.39 is 0 Å². The van der Waals surface area contributed by atoms with E-state index in [0.29, 0.717) is 22.1 Å². The van der Waals surface area contributed by atoms with Crippen molar-refractivity contribution in [1.29, 1.82) is 0 Å². The Morgan fingerprint density at radius 2 is 1.92 bits per heavy atom. The van der Waals surface area contributed by atoms with Gasteiger partial charge in [-0.2, -0.15) is 0 Å². The molecule has 0 radical (unpaired) electrons. The summed E-state index contributed by atoms with van der Waals surface area (Å²) < 4.78 is 0. The number of ketones is 1. The number of carbonyl (C=O) groups is 2. The highest BCUT2D eigenvalue weighted by molar-refractivity contribution is 7.99. The molecular weight excluding hydrogens is 326 g/mol. The molecule has 126 valence electrons. The van der Waals surface area contributed by atoms with Crippen molar-refractivity contribution in [3.63, 3.8) is 0 Å². The standard InChI is InChI=1S/C17H19N3O3S/c1-10(2)14-8-15(22)20-17(19-14)24-9-16(23)18-13-6-4-12(5-7-13)11(3)21/h4-8,10H,9H2,1-3H3,(H,18,23)(H,19,20,22). The Morgan fingerprint density at radius 1 is 1.25 bits per heavy atom. The molecule has 1 aromatic heterocycles. The van der Waals surface area contributed by atoms with E-state index in [4.69, 9.17) is 0 Å². The van der Waals surface area contributed by atoms with Crippen molar-refractivity contribution in [2.24, 2.45) is 0 Å². The second-order valence-electron chi connectivity index (χ2n) is 5.60. The fourth-order valence-corrected chi connectivity index (χ4v) is 2.62. The maximum atomic E-state index is 12.0. The van der Waals surface area contributed by atoms with Gasteiger partial charge in [0.25, 0.3) is 5.56 Å². The summed E-state index contributed by atoms with van der Waals surface area (Å²) in [7, 11) is 0. The highest BCUT2D eigenvalue weighted by Gasteiger charge is 2.09. The first-order valence-electron chi connectivity index (χ1n) is 7.50. The average Bonchev–Trinajstić information content (AvgIpc) is 2.53. The molecular formula is C17H19N3O3S. The lowest BCUT2D eigenvalue weighted by Crippen LogP contribution is -2.16. The Kier molecular flexibility index (Phi) is 5.92. The number of rotatable bonds is 6. The summed E-state index contributed by atoms with van der Waals surface area (Å²) in [4.78, 5) is 41.8. The van der Waals surface area contributed by atoms with Crippen LogP contribution in [0.4, 0.5) is 5.69 Å². The van der Waals surface area contributed by atoms with Gasteiger partial charge in [-0.05, 0) is 37.1 Å². The van der Waals surface area contributed by atoms with Crippen LogP contribution in [-0.4, -0.2) is 27.4 Å². The van der Waals surface area contributed by atoms with Gasteiger partial charge in [0.2, 0.25) is 5.91 Å². The zero-order valence-corrected chi connectivity index (χ0v) is 14.6. The average molecular weight is 345 g/mol. The van der Waals surface area contributed by atoms with E-state index in [-0.39, 0.29) is 28.9 Å². The number of nitrogens with zero attached hydrogens (tertiary/aromatic N) is 1. The number of thioether (sulfide) groups is 1. The van der Waals surface area contributed by atoms with Crippen LogP contribution >= 0.6 is 11.8 Å². The zero-order valence-electron chi connectivity index (χ0n) is 13.8. The number of benzene rings is 1.